The summed E-state index contributed by atoms with van der Waals surface area (Å²) in [5.74, 6) is 0. The van der Waals surface area contributed by atoms with Crippen LogP contribution in [0.1, 0.15) is 12.5 Å². The van der Waals surface area contributed by atoms with Gasteiger partial charge in [-0.2, -0.15) is 0 Å². The van der Waals surface area contributed by atoms with Gasteiger partial charge in [0.05, 0.1) is 0 Å². The first-order chi connectivity index (χ1) is 7.77. The fraction of sp³-hybridized carbons (Fsp3) is 0.286. The lowest BCUT2D eigenvalue weighted by Gasteiger charge is -2.09. The summed E-state index contributed by atoms with van der Waals surface area (Å²) in [6, 6.07) is 15.1. The predicted octanol–water partition coefficient (Wildman–Crippen LogP) is 2.28. The molecule has 1 atom stereocenters. The molecule has 0 aliphatic heterocycles. The largest absolute Gasteiger partial charge is 0.327 e. The summed E-state index contributed by atoms with van der Waals surface area (Å²) in [6.07, 6.45) is 0. The fourth-order valence-electron chi connectivity index (χ4n) is 1.88. The highest BCUT2D eigenvalue weighted by Gasteiger charge is 2.00. The first-order valence-electron chi connectivity index (χ1n) is 5.70. The standard InChI is InChI=1S/C14H18N2/c1-11(15)9-16-10-13-7-4-6-12-5-2-3-8-14(12)13/h2-8,11,16H,9-10,15H2,1H3. The van der Waals surface area contributed by atoms with Crippen molar-refractivity contribution in [3.63, 3.8) is 0 Å². The molecule has 0 saturated carbocycles. The average molecular weight is 214 g/mol. The summed E-state index contributed by atoms with van der Waals surface area (Å²) in [5.41, 5.74) is 7.04. The second-order valence-electron chi connectivity index (χ2n) is 4.25. The third-order valence-electron chi connectivity index (χ3n) is 2.66. The Hall–Kier alpha value is -1.38. The number of hydrogen-bond donors (Lipinski definition) is 2. The Bertz CT molecular complexity index is 458. The van der Waals surface area contributed by atoms with Crippen molar-refractivity contribution in [2.75, 3.05) is 6.54 Å². The SMILES string of the molecule is CC(N)CNCc1cccc2ccccc12. The van der Waals surface area contributed by atoms with Crippen molar-refractivity contribution in [3.8, 4) is 0 Å². The summed E-state index contributed by atoms with van der Waals surface area (Å²) >= 11 is 0. The van der Waals surface area contributed by atoms with Crippen molar-refractivity contribution in [2.24, 2.45) is 5.73 Å². The van der Waals surface area contributed by atoms with Crippen LogP contribution in [-0.2, 0) is 6.54 Å². The lowest BCUT2D eigenvalue weighted by atomic mass is 10.0. The minimum absolute atomic E-state index is 0.204. The van der Waals surface area contributed by atoms with Gasteiger partial charge in [0, 0.05) is 19.1 Å². The molecule has 2 aromatic carbocycles. The molecule has 1 unspecified atom stereocenters. The molecular weight excluding hydrogens is 196 g/mol. The van der Waals surface area contributed by atoms with Gasteiger partial charge in [0.25, 0.3) is 0 Å². The van der Waals surface area contributed by atoms with Crippen molar-refractivity contribution in [1.29, 1.82) is 0 Å². The van der Waals surface area contributed by atoms with Crippen LogP contribution in [0.3, 0.4) is 0 Å². The molecule has 0 spiro atoms. The van der Waals surface area contributed by atoms with Gasteiger partial charge in [0.15, 0.2) is 0 Å². The number of fused-ring (bicyclic) bond motifs is 1. The van der Waals surface area contributed by atoms with Gasteiger partial charge >= 0.3 is 0 Å². The molecule has 0 saturated heterocycles. The second kappa shape index (κ2) is 5.10. The topological polar surface area (TPSA) is 38.0 Å². The van der Waals surface area contributed by atoms with E-state index < -0.39 is 0 Å². The van der Waals surface area contributed by atoms with Crippen LogP contribution in [0.4, 0.5) is 0 Å². The smallest absolute Gasteiger partial charge is 0.0212 e. The van der Waals surface area contributed by atoms with E-state index in [1.54, 1.807) is 0 Å². The lowest BCUT2D eigenvalue weighted by molar-refractivity contribution is 0.610. The molecule has 0 heterocycles. The Balaban J connectivity index is 2.17. The van der Waals surface area contributed by atoms with Crippen LogP contribution in [0.15, 0.2) is 42.5 Å². The molecule has 0 aliphatic rings. The maximum absolute atomic E-state index is 5.71. The lowest BCUT2D eigenvalue weighted by Crippen LogP contribution is -2.30. The molecule has 0 aromatic heterocycles. The van der Waals surface area contributed by atoms with E-state index in [4.69, 9.17) is 5.73 Å². The average Bonchev–Trinajstić information content (AvgIpc) is 2.29. The molecule has 2 nitrogen and oxygen atoms in total. The van der Waals surface area contributed by atoms with Crippen molar-refractivity contribution in [2.45, 2.75) is 19.5 Å². The zero-order valence-electron chi connectivity index (χ0n) is 9.61. The highest BCUT2D eigenvalue weighted by atomic mass is 14.9. The first kappa shape index (κ1) is 11.1. The van der Waals surface area contributed by atoms with Crippen LogP contribution in [-0.4, -0.2) is 12.6 Å². The quantitative estimate of drug-likeness (QED) is 0.819. The van der Waals surface area contributed by atoms with Gasteiger partial charge in [0.2, 0.25) is 0 Å². The zero-order valence-corrected chi connectivity index (χ0v) is 9.61. The van der Waals surface area contributed by atoms with Gasteiger partial charge in [-0.25, -0.2) is 0 Å². The molecule has 3 N–H and O–H groups in total. The van der Waals surface area contributed by atoms with Gasteiger partial charge in [-0.1, -0.05) is 42.5 Å². The predicted molar refractivity (Wildman–Crippen MR) is 69.3 cm³/mol. The van der Waals surface area contributed by atoms with Crippen LogP contribution < -0.4 is 11.1 Å². The summed E-state index contributed by atoms with van der Waals surface area (Å²) in [6.45, 7) is 3.74. The van der Waals surface area contributed by atoms with Gasteiger partial charge in [0.1, 0.15) is 0 Å². The summed E-state index contributed by atoms with van der Waals surface area (Å²) in [7, 11) is 0. The summed E-state index contributed by atoms with van der Waals surface area (Å²) < 4.78 is 0. The first-order valence-corrected chi connectivity index (χ1v) is 5.70. The molecule has 16 heavy (non-hydrogen) atoms. The van der Waals surface area contributed by atoms with E-state index >= 15 is 0 Å². The highest BCUT2D eigenvalue weighted by molar-refractivity contribution is 5.85. The van der Waals surface area contributed by atoms with E-state index in [0.29, 0.717) is 0 Å². The number of benzene rings is 2. The number of hydrogen-bond acceptors (Lipinski definition) is 2. The monoisotopic (exact) mass is 214 g/mol. The molecule has 2 aromatic rings. The summed E-state index contributed by atoms with van der Waals surface area (Å²) in [4.78, 5) is 0. The number of rotatable bonds is 4. The normalized spacial score (nSPS) is 12.9. The van der Waals surface area contributed by atoms with Crippen molar-refractivity contribution in [1.82, 2.24) is 5.32 Å². The second-order valence-corrected chi connectivity index (χ2v) is 4.25. The Morgan fingerprint density at radius 3 is 2.69 bits per heavy atom. The molecule has 0 amide bonds. The maximum Gasteiger partial charge on any atom is 0.0212 e. The number of nitrogens with two attached hydrogens (primary N) is 1. The Morgan fingerprint density at radius 1 is 1.12 bits per heavy atom. The Morgan fingerprint density at radius 2 is 1.88 bits per heavy atom. The third-order valence-corrected chi connectivity index (χ3v) is 2.66. The third kappa shape index (κ3) is 2.60. The van der Waals surface area contributed by atoms with Crippen molar-refractivity contribution < 1.29 is 0 Å². The van der Waals surface area contributed by atoms with E-state index in [0.717, 1.165) is 13.1 Å². The van der Waals surface area contributed by atoms with Crippen molar-refractivity contribution in [3.05, 3.63) is 48.0 Å². The van der Waals surface area contributed by atoms with Crippen LogP contribution in [0.25, 0.3) is 10.8 Å². The van der Waals surface area contributed by atoms with Crippen LogP contribution in [0, 0.1) is 0 Å². The van der Waals surface area contributed by atoms with Gasteiger partial charge in [-0.3, -0.25) is 0 Å². The van der Waals surface area contributed by atoms with Gasteiger partial charge < -0.3 is 11.1 Å². The van der Waals surface area contributed by atoms with Gasteiger partial charge in [-0.15, -0.1) is 0 Å². The Labute approximate surface area is 96.5 Å². The highest BCUT2D eigenvalue weighted by Crippen LogP contribution is 2.17. The maximum atomic E-state index is 5.71. The van der Waals surface area contributed by atoms with E-state index in [9.17, 15) is 0 Å². The van der Waals surface area contributed by atoms with E-state index in [-0.39, 0.29) is 6.04 Å². The van der Waals surface area contributed by atoms with Gasteiger partial charge in [-0.05, 0) is 23.3 Å². The van der Waals surface area contributed by atoms with Crippen molar-refractivity contribution >= 4 is 10.8 Å². The Kier molecular flexibility index (Phi) is 3.54. The van der Waals surface area contributed by atoms with E-state index in [2.05, 4.69) is 47.8 Å². The van der Waals surface area contributed by atoms with Crippen LogP contribution >= 0.6 is 0 Å². The molecule has 2 heteroatoms. The summed E-state index contributed by atoms with van der Waals surface area (Å²) in [5, 5.41) is 5.98. The number of nitrogens with one attached hydrogen (secondary N) is 1. The molecule has 0 bridgehead atoms. The fourth-order valence-corrected chi connectivity index (χ4v) is 1.88. The molecule has 84 valence electrons. The molecule has 0 aliphatic carbocycles. The molecular formula is C14H18N2. The molecule has 0 radical (unpaired) electrons. The van der Waals surface area contributed by atoms with E-state index in [1.165, 1.54) is 16.3 Å². The zero-order chi connectivity index (χ0) is 11.4. The van der Waals surface area contributed by atoms with E-state index in [1.807, 2.05) is 6.92 Å². The van der Waals surface area contributed by atoms with Crippen LogP contribution in [0.2, 0.25) is 0 Å². The van der Waals surface area contributed by atoms with Crippen LogP contribution in [0.5, 0.6) is 0 Å². The molecule has 2 rings (SSSR count). The minimum atomic E-state index is 0.204. The minimum Gasteiger partial charge on any atom is -0.327 e. The molecule has 0 fully saturated rings.